The smallest absolute Gasteiger partial charge is 0.266 e. The van der Waals surface area contributed by atoms with Crippen LogP contribution >= 0.6 is 11.3 Å². The van der Waals surface area contributed by atoms with Crippen LogP contribution in [0, 0.1) is 0 Å². The summed E-state index contributed by atoms with van der Waals surface area (Å²) in [7, 11) is -3.97. The van der Waals surface area contributed by atoms with Gasteiger partial charge in [-0.1, -0.05) is 35.6 Å². The Labute approximate surface area is 157 Å². The van der Waals surface area contributed by atoms with Crippen molar-refractivity contribution >= 4 is 48.5 Å². The van der Waals surface area contributed by atoms with Crippen molar-refractivity contribution in [1.29, 1.82) is 0 Å². The summed E-state index contributed by atoms with van der Waals surface area (Å²) in [5, 5.41) is 3.26. The molecule has 0 aliphatic rings. The van der Waals surface area contributed by atoms with Crippen molar-refractivity contribution in [3.05, 3.63) is 47.2 Å². The van der Waals surface area contributed by atoms with Crippen molar-refractivity contribution in [1.82, 2.24) is 0 Å². The second-order valence-electron chi connectivity index (χ2n) is 6.05. The number of ether oxygens (including phenoxy) is 1. The first-order chi connectivity index (χ1) is 12.4. The molecule has 0 aliphatic heterocycles. The number of hydrogen-bond acceptors (Lipinski definition) is 4. The molecule has 3 rings (SSSR count). The number of benzene rings is 2. The van der Waals surface area contributed by atoms with E-state index in [1.165, 1.54) is 0 Å². The Kier molecular flexibility index (Phi) is 5.60. The van der Waals surface area contributed by atoms with Crippen LogP contribution in [-0.4, -0.2) is 25.3 Å². The van der Waals surface area contributed by atoms with Crippen molar-refractivity contribution in [2.75, 3.05) is 12.4 Å². The highest BCUT2D eigenvalue weighted by Crippen LogP contribution is 2.29. The van der Waals surface area contributed by atoms with Crippen LogP contribution in [0.3, 0.4) is 0 Å². The van der Waals surface area contributed by atoms with Crippen molar-refractivity contribution in [3.8, 4) is 0 Å². The molecule has 0 unspecified atom stereocenters. The Morgan fingerprint density at radius 3 is 2.77 bits per heavy atom. The molecule has 7 heteroatoms. The summed E-state index contributed by atoms with van der Waals surface area (Å²) in [6.07, 6.45) is 2.32. The van der Waals surface area contributed by atoms with Gasteiger partial charge in [-0.2, -0.15) is 13.0 Å². The number of hydrogen-bond donors (Lipinski definition) is 1. The van der Waals surface area contributed by atoms with E-state index in [4.69, 9.17) is 9.29 Å². The van der Waals surface area contributed by atoms with Gasteiger partial charge in [0.05, 0.1) is 23.8 Å². The van der Waals surface area contributed by atoms with Crippen LogP contribution in [0.2, 0.25) is 0 Å². The maximum atomic E-state index is 11.1. The molecule has 0 spiro atoms. The van der Waals surface area contributed by atoms with Crippen molar-refractivity contribution in [3.63, 3.8) is 0 Å². The zero-order chi connectivity index (χ0) is 18.7. The highest BCUT2D eigenvalue weighted by Gasteiger charge is 2.22. The minimum atomic E-state index is -3.97. The quantitative estimate of drug-likeness (QED) is 0.375. The molecule has 138 valence electrons. The molecule has 2 aromatic carbocycles. The first kappa shape index (κ1) is 18.8. The van der Waals surface area contributed by atoms with Crippen LogP contribution < -0.4 is 4.57 Å². The number of nitrogens with zero attached hydrogens (tertiary/aromatic N) is 1. The van der Waals surface area contributed by atoms with Crippen molar-refractivity contribution < 1.29 is 22.3 Å². The third-order valence-electron chi connectivity index (χ3n) is 4.10. The Bertz CT molecular complexity index is 1070. The third kappa shape index (κ3) is 4.23. The second kappa shape index (κ2) is 7.73. The SMILES string of the molecule is CCO/C(C)=C\c1sc2ccc3ccccc3c2[n+]1CCCS(=O)(=O)O. The van der Waals surface area contributed by atoms with E-state index in [1.807, 2.05) is 32.1 Å². The molecule has 0 radical (unpaired) electrons. The molecule has 26 heavy (non-hydrogen) atoms. The normalized spacial score (nSPS) is 12.8. The molecule has 3 aromatic rings. The highest BCUT2D eigenvalue weighted by atomic mass is 32.2. The fourth-order valence-electron chi connectivity index (χ4n) is 3.05. The summed E-state index contributed by atoms with van der Waals surface area (Å²) in [5.41, 5.74) is 1.08. The van der Waals surface area contributed by atoms with Gasteiger partial charge in [0.1, 0.15) is 10.5 Å². The molecule has 1 heterocycles. The van der Waals surface area contributed by atoms with E-state index >= 15 is 0 Å². The van der Waals surface area contributed by atoms with Gasteiger partial charge in [0.2, 0.25) is 5.52 Å². The van der Waals surface area contributed by atoms with E-state index in [9.17, 15) is 8.42 Å². The molecule has 0 saturated carbocycles. The predicted molar refractivity (Wildman–Crippen MR) is 106 cm³/mol. The lowest BCUT2D eigenvalue weighted by Crippen LogP contribution is -2.36. The first-order valence-corrected chi connectivity index (χ1v) is 10.9. The van der Waals surface area contributed by atoms with Gasteiger partial charge in [0.15, 0.2) is 6.54 Å². The van der Waals surface area contributed by atoms with Gasteiger partial charge in [-0.3, -0.25) is 4.55 Å². The Hall–Kier alpha value is -1.96. The third-order valence-corrected chi connectivity index (χ3v) is 6.00. The van der Waals surface area contributed by atoms with E-state index in [1.54, 1.807) is 11.3 Å². The number of fused-ring (bicyclic) bond motifs is 3. The van der Waals surface area contributed by atoms with Crippen LogP contribution in [0.1, 0.15) is 25.3 Å². The number of aromatic nitrogens is 1. The zero-order valence-electron chi connectivity index (χ0n) is 14.8. The molecular formula is C19H22NO4S2+. The topological polar surface area (TPSA) is 67.5 Å². The molecule has 0 aliphatic carbocycles. The molecule has 5 nitrogen and oxygen atoms in total. The van der Waals surface area contributed by atoms with E-state index in [0.29, 0.717) is 19.6 Å². The van der Waals surface area contributed by atoms with Gasteiger partial charge >= 0.3 is 0 Å². The molecular weight excluding hydrogens is 370 g/mol. The molecule has 1 aromatic heterocycles. The van der Waals surface area contributed by atoms with Crippen LogP contribution in [0.4, 0.5) is 0 Å². The lowest BCUT2D eigenvalue weighted by Gasteiger charge is -2.02. The number of allylic oxidation sites excluding steroid dienone is 1. The first-order valence-electron chi connectivity index (χ1n) is 8.49. The summed E-state index contributed by atoms with van der Waals surface area (Å²) >= 11 is 1.65. The largest absolute Gasteiger partial charge is 0.498 e. The zero-order valence-corrected chi connectivity index (χ0v) is 16.4. The Balaban J connectivity index is 2.14. The summed E-state index contributed by atoms with van der Waals surface area (Å²) in [6.45, 7) is 4.95. The Morgan fingerprint density at radius 1 is 1.27 bits per heavy atom. The highest BCUT2D eigenvalue weighted by molar-refractivity contribution is 7.85. The number of thiazole rings is 1. The van der Waals surface area contributed by atoms with Gasteiger partial charge in [-0.25, -0.2) is 0 Å². The average Bonchev–Trinajstić information content (AvgIpc) is 2.92. The minimum absolute atomic E-state index is 0.254. The fraction of sp³-hybridized carbons (Fsp3) is 0.316. The van der Waals surface area contributed by atoms with E-state index in [-0.39, 0.29) is 5.75 Å². The van der Waals surface area contributed by atoms with Gasteiger partial charge in [0.25, 0.3) is 15.1 Å². The monoisotopic (exact) mass is 392 g/mol. The molecule has 1 N–H and O–H groups in total. The molecule has 0 bridgehead atoms. The maximum Gasteiger partial charge on any atom is 0.266 e. The number of rotatable bonds is 7. The summed E-state index contributed by atoms with van der Waals surface area (Å²) in [4.78, 5) is 0. The summed E-state index contributed by atoms with van der Waals surface area (Å²) < 4.78 is 40.1. The van der Waals surface area contributed by atoms with Gasteiger partial charge in [0, 0.05) is 6.42 Å². The van der Waals surface area contributed by atoms with Gasteiger partial charge < -0.3 is 4.74 Å². The molecule has 0 saturated heterocycles. The summed E-state index contributed by atoms with van der Waals surface area (Å²) in [5.74, 6) is 0.558. The van der Waals surface area contributed by atoms with Crippen molar-refractivity contribution in [2.45, 2.75) is 26.8 Å². The standard InChI is InChI=1S/C19H21NO4S2/c1-3-24-14(2)13-18-20(11-6-12-26(21,22)23)19-16-8-5-4-7-15(16)9-10-17(19)25-18/h4-5,7-10,13H,3,6,11-12H2,1-2H3/p+1/b14-13-. The van der Waals surface area contributed by atoms with Crippen LogP contribution in [0.15, 0.2) is 42.2 Å². The molecule has 0 atom stereocenters. The van der Waals surface area contributed by atoms with E-state index in [2.05, 4.69) is 28.8 Å². The predicted octanol–water partition coefficient (Wildman–Crippen LogP) is 4.02. The van der Waals surface area contributed by atoms with Crippen LogP contribution in [-0.2, 0) is 21.4 Å². The average molecular weight is 393 g/mol. The lowest BCUT2D eigenvalue weighted by molar-refractivity contribution is -0.667. The fourth-order valence-corrected chi connectivity index (χ4v) is 4.74. The maximum absolute atomic E-state index is 11.1. The molecule has 0 amide bonds. The van der Waals surface area contributed by atoms with Gasteiger partial charge in [-0.05, 0) is 31.4 Å². The summed E-state index contributed by atoms with van der Waals surface area (Å²) in [6, 6.07) is 12.3. The number of aryl methyl sites for hydroxylation is 1. The second-order valence-corrected chi connectivity index (χ2v) is 8.69. The van der Waals surface area contributed by atoms with Gasteiger partial charge in [-0.15, -0.1) is 0 Å². The molecule has 0 fully saturated rings. The minimum Gasteiger partial charge on any atom is -0.498 e. The Morgan fingerprint density at radius 2 is 2.04 bits per heavy atom. The van der Waals surface area contributed by atoms with E-state index in [0.717, 1.165) is 31.8 Å². The lowest BCUT2D eigenvalue weighted by atomic mass is 10.1. The van der Waals surface area contributed by atoms with Crippen LogP contribution in [0.25, 0.3) is 27.1 Å². The van der Waals surface area contributed by atoms with E-state index < -0.39 is 10.1 Å². The van der Waals surface area contributed by atoms with Crippen molar-refractivity contribution in [2.24, 2.45) is 0 Å². The van der Waals surface area contributed by atoms with Crippen LogP contribution in [0.5, 0.6) is 0 Å².